The van der Waals surface area contributed by atoms with Crippen molar-refractivity contribution in [2.24, 2.45) is 10.7 Å². The van der Waals surface area contributed by atoms with Gasteiger partial charge in [0.15, 0.2) is 0 Å². The van der Waals surface area contributed by atoms with E-state index in [9.17, 15) is 0 Å². The lowest BCUT2D eigenvalue weighted by Gasteiger charge is -2.01. The summed E-state index contributed by atoms with van der Waals surface area (Å²) in [5, 5.41) is 0. The summed E-state index contributed by atoms with van der Waals surface area (Å²) < 4.78 is 0. The molecule has 2 aromatic rings. The van der Waals surface area contributed by atoms with Crippen LogP contribution in [0.5, 0.6) is 0 Å². The summed E-state index contributed by atoms with van der Waals surface area (Å²) in [5.74, 6) is 0.700. The van der Waals surface area contributed by atoms with Crippen LogP contribution in [0.15, 0.2) is 47.8 Å². The van der Waals surface area contributed by atoms with Crippen LogP contribution < -0.4 is 5.73 Å². The van der Waals surface area contributed by atoms with Crippen molar-refractivity contribution >= 4 is 5.84 Å². The predicted octanol–water partition coefficient (Wildman–Crippen LogP) is 1.94. The first kappa shape index (κ1) is 12.4. The SMILES string of the molecule is NC(Cc1ccccc1)=NCCCc1cnc[nH]1. The van der Waals surface area contributed by atoms with Crippen molar-refractivity contribution in [1.29, 1.82) is 0 Å². The van der Waals surface area contributed by atoms with Crippen molar-refractivity contribution < 1.29 is 0 Å². The van der Waals surface area contributed by atoms with Crippen molar-refractivity contribution in [1.82, 2.24) is 9.97 Å². The van der Waals surface area contributed by atoms with Crippen molar-refractivity contribution in [3.63, 3.8) is 0 Å². The van der Waals surface area contributed by atoms with E-state index >= 15 is 0 Å². The average Bonchev–Trinajstić information content (AvgIpc) is 2.89. The molecule has 0 saturated heterocycles. The molecular formula is C14H18N4. The molecule has 0 bridgehead atoms. The summed E-state index contributed by atoms with van der Waals surface area (Å²) in [4.78, 5) is 11.4. The quantitative estimate of drug-likeness (QED) is 0.462. The number of imidazole rings is 1. The Labute approximate surface area is 107 Å². The van der Waals surface area contributed by atoms with Gasteiger partial charge in [-0.1, -0.05) is 30.3 Å². The lowest BCUT2D eigenvalue weighted by molar-refractivity contribution is 0.813. The van der Waals surface area contributed by atoms with Gasteiger partial charge in [-0.05, 0) is 18.4 Å². The first-order chi connectivity index (χ1) is 8.84. The summed E-state index contributed by atoms with van der Waals surface area (Å²) in [7, 11) is 0. The zero-order chi connectivity index (χ0) is 12.6. The summed E-state index contributed by atoms with van der Waals surface area (Å²) in [5.41, 5.74) is 8.24. The molecule has 0 fully saturated rings. The summed E-state index contributed by atoms with van der Waals surface area (Å²) in [6.07, 6.45) is 6.21. The largest absolute Gasteiger partial charge is 0.387 e. The molecule has 1 heterocycles. The van der Waals surface area contributed by atoms with E-state index in [0.717, 1.165) is 31.5 Å². The molecule has 0 unspecified atom stereocenters. The van der Waals surface area contributed by atoms with E-state index in [2.05, 4.69) is 27.1 Å². The molecule has 0 radical (unpaired) electrons. The molecule has 0 amide bonds. The van der Waals surface area contributed by atoms with Crippen LogP contribution in [-0.2, 0) is 12.8 Å². The Morgan fingerprint density at radius 1 is 1.28 bits per heavy atom. The van der Waals surface area contributed by atoms with Crippen LogP contribution in [0.4, 0.5) is 0 Å². The molecule has 0 saturated carbocycles. The van der Waals surface area contributed by atoms with Gasteiger partial charge in [-0.25, -0.2) is 4.98 Å². The second-order valence-corrected chi connectivity index (χ2v) is 4.22. The summed E-state index contributed by atoms with van der Waals surface area (Å²) in [6, 6.07) is 10.2. The normalized spacial score (nSPS) is 11.7. The average molecular weight is 242 g/mol. The third-order valence-corrected chi connectivity index (χ3v) is 2.70. The maximum atomic E-state index is 5.90. The Balaban J connectivity index is 1.72. The van der Waals surface area contributed by atoms with Crippen LogP contribution in [0.2, 0.25) is 0 Å². The minimum absolute atomic E-state index is 0.700. The van der Waals surface area contributed by atoms with E-state index in [-0.39, 0.29) is 0 Å². The van der Waals surface area contributed by atoms with Crippen LogP contribution in [0, 0.1) is 0 Å². The number of hydrogen-bond acceptors (Lipinski definition) is 2. The Hall–Kier alpha value is -2.10. The highest BCUT2D eigenvalue weighted by Crippen LogP contribution is 2.00. The van der Waals surface area contributed by atoms with Gasteiger partial charge in [-0.3, -0.25) is 4.99 Å². The summed E-state index contributed by atoms with van der Waals surface area (Å²) in [6.45, 7) is 0.762. The van der Waals surface area contributed by atoms with Gasteiger partial charge in [0.1, 0.15) is 0 Å². The minimum Gasteiger partial charge on any atom is -0.387 e. The van der Waals surface area contributed by atoms with Gasteiger partial charge >= 0.3 is 0 Å². The fraction of sp³-hybridized carbons (Fsp3) is 0.286. The number of aryl methyl sites for hydroxylation is 1. The number of H-pyrrole nitrogens is 1. The molecule has 3 N–H and O–H groups in total. The molecule has 1 aromatic carbocycles. The first-order valence-electron chi connectivity index (χ1n) is 6.14. The molecule has 1 aromatic heterocycles. The first-order valence-corrected chi connectivity index (χ1v) is 6.14. The second kappa shape index (κ2) is 6.59. The molecule has 0 aliphatic rings. The van der Waals surface area contributed by atoms with Gasteiger partial charge in [-0.2, -0.15) is 0 Å². The summed E-state index contributed by atoms with van der Waals surface area (Å²) >= 11 is 0. The van der Waals surface area contributed by atoms with Crippen LogP contribution in [0.1, 0.15) is 17.7 Å². The number of aliphatic imine (C=N–C) groups is 1. The van der Waals surface area contributed by atoms with Crippen molar-refractivity contribution in [3.8, 4) is 0 Å². The van der Waals surface area contributed by atoms with Crippen LogP contribution >= 0.6 is 0 Å². The number of hydrogen-bond donors (Lipinski definition) is 2. The van der Waals surface area contributed by atoms with Gasteiger partial charge in [0.2, 0.25) is 0 Å². The topological polar surface area (TPSA) is 67.1 Å². The van der Waals surface area contributed by atoms with Crippen LogP contribution in [-0.4, -0.2) is 22.3 Å². The van der Waals surface area contributed by atoms with E-state index < -0.39 is 0 Å². The minimum atomic E-state index is 0.700. The number of amidine groups is 1. The Bertz CT molecular complexity index is 474. The molecule has 0 spiro atoms. The number of aromatic amines is 1. The van der Waals surface area contributed by atoms with E-state index in [1.54, 1.807) is 6.33 Å². The monoisotopic (exact) mass is 242 g/mol. The molecule has 2 rings (SSSR count). The standard InChI is InChI=1S/C14H18N4/c15-14(9-12-5-2-1-3-6-12)17-8-4-7-13-10-16-11-18-13/h1-3,5-6,10-11H,4,7-9H2,(H2,15,17)(H,16,18). The predicted molar refractivity (Wildman–Crippen MR) is 73.5 cm³/mol. The molecule has 18 heavy (non-hydrogen) atoms. The van der Waals surface area contributed by atoms with E-state index in [0.29, 0.717) is 5.84 Å². The molecule has 4 nitrogen and oxygen atoms in total. The number of nitrogens with two attached hydrogens (primary N) is 1. The number of aromatic nitrogens is 2. The van der Waals surface area contributed by atoms with Gasteiger partial charge in [0.05, 0.1) is 12.2 Å². The fourth-order valence-electron chi connectivity index (χ4n) is 1.77. The smallest absolute Gasteiger partial charge is 0.0981 e. The number of rotatable bonds is 6. The van der Waals surface area contributed by atoms with Crippen LogP contribution in [0.3, 0.4) is 0 Å². The number of benzene rings is 1. The zero-order valence-corrected chi connectivity index (χ0v) is 10.3. The molecule has 0 aliphatic carbocycles. The molecule has 0 atom stereocenters. The fourth-order valence-corrected chi connectivity index (χ4v) is 1.77. The maximum Gasteiger partial charge on any atom is 0.0981 e. The number of nitrogens with zero attached hydrogens (tertiary/aromatic N) is 2. The molecule has 0 aliphatic heterocycles. The van der Waals surface area contributed by atoms with Gasteiger partial charge in [-0.15, -0.1) is 0 Å². The lowest BCUT2D eigenvalue weighted by Crippen LogP contribution is -2.15. The van der Waals surface area contributed by atoms with Crippen molar-refractivity contribution in [2.75, 3.05) is 6.54 Å². The van der Waals surface area contributed by atoms with E-state index in [4.69, 9.17) is 5.73 Å². The third-order valence-electron chi connectivity index (χ3n) is 2.70. The van der Waals surface area contributed by atoms with E-state index in [1.807, 2.05) is 24.4 Å². The number of nitrogens with one attached hydrogen (secondary N) is 1. The Morgan fingerprint density at radius 2 is 2.11 bits per heavy atom. The molecular weight excluding hydrogens is 224 g/mol. The Kier molecular flexibility index (Phi) is 4.53. The lowest BCUT2D eigenvalue weighted by atomic mass is 10.1. The van der Waals surface area contributed by atoms with Crippen LogP contribution in [0.25, 0.3) is 0 Å². The highest BCUT2D eigenvalue weighted by Gasteiger charge is 1.96. The molecule has 4 heteroatoms. The Morgan fingerprint density at radius 3 is 2.83 bits per heavy atom. The molecule has 94 valence electrons. The third kappa shape index (κ3) is 4.05. The van der Waals surface area contributed by atoms with Gasteiger partial charge < -0.3 is 10.7 Å². The zero-order valence-electron chi connectivity index (χ0n) is 10.3. The van der Waals surface area contributed by atoms with Gasteiger partial charge in [0, 0.05) is 24.9 Å². The highest BCUT2D eigenvalue weighted by molar-refractivity contribution is 5.82. The maximum absolute atomic E-state index is 5.90. The van der Waals surface area contributed by atoms with Crippen molar-refractivity contribution in [3.05, 3.63) is 54.1 Å². The van der Waals surface area contributed by atoms with E-state index in [1.165, 1.54) is 5.56 Å². The van der Waals surface area contributed by atoms with Crippen molar-refractivity contribution in [2.45, 2.75) is 19.3 Å². The highest BCUT2D eigenvalue weighted by atomic mass is 14.9. The van der Waals surface area contributed by atoms with Gasteiger partial charge in [0.25, 0.3) is 0 Å². The second-order valence-electron chi connectivity index (χ2n) is 4.22.